The van der Waals surface area contributed by atoms with E-state index in [9.17, 15) is 9.18 Å². The number of benzene rings is 1. The molecule has 0 saturated carbocycles. The predicted molar refractivity (Wildman–Crippen MR) is 69.6 cm³/mol. The molecule has 0 N–H and O–H groups in total. The molecule has 0 unspecified atom stereocenters. The molecule has 5 heteroatoms. The Hall–Kier alpha value is -0.520. The van der Waals surface area contributed by atoms with E-state index in [1.54, 1.807) is 24.3 Å². The molecule has 2 rings (SSSR count). The normalized spacial score (nSPS) is 10.4. The van der Waals surface area contributed by atoms with Crippen LogP contribution in [0.15, 0.2) is 38.6 Å². The topological polar surface area (TPSA) is 17.1 Å². The van der Waals surface area contributed by atoms with Gasteiger partial charge in [-0.2, -0.15) is 0 Å². The van der Waals surface area contributed by atoms with Gasteiger partial charge in [0.25, 0.3) is 0 Å². The average Bonchev–Trinajstić information content (AvgIpc) is 2.68. The van der Waals surface area contributed by atoms with E-state index in [0.717, 1.165) is 3.79 Å². The van der Waals surface area contributed by atoms with Crippen molar-refractivity contribution >= 4 is 49.0 Å². The lowest BCUT2D eigenvalue weighted by Gasteiger charge is -2.01. The molecule has 0 aliphatic carbocycles. The van der Waals surface area contributed by atoms with Crippen molar-refractivity contribution in [2.75, 3.05) is 0 Å². The molecule has 1 heterocycles. The fourth-order valence-electron chi connectivity index (χ4n) is 1.25. The van der Waals surface area contributed by atoms with Gasteiger partial charge in [0.1, 0.15) is 5.82 Å². The lowest BCUT2D eigenvalue weighted by molar-refractivity contribution is 0.103. The third kappa shape index (κ3) is 2.26. The first-order valence-corrected chi connectivity index (χ1v) is 6.74. The van der Waals surface area contributed by atoms with Crippen molar-refractivity contribution in [2.24, 2.45) is 0 Å². The zero-order chi connectivity index (χ0) is 11.7. The molecule has 0 radical (unpaired) electrons. The Morgan fingerprint density at radius 3 is 2.56 bits per heavy atom. The number of hydrogen-bond acceptors (Lipinski definition) is 2. The van der Waals surface area contributed by atoms with Gasteiger partial charge in [0.15, 0.2) is 0 Å². The quantitative estimate of drug-likeness (QED) is 0.710. The Kier molecular flexibility index (Phi) is 3.56. The van der Waals surface area contributed by atoms with Gasteiger partial charge < -0.3 is 0 Å². The van der Waals surface area contributed by atoms with E-state index in [-0.39, 0.29) is 11.3 Å². The lowest BCUT2D eigenvalue weighted by atomic mass is 10.1. The average molecular weight is 364 g/mol. The van der Waals surface area contributed by atoms with Crippen molar-refractivity contribution in [3.05, 3.63) is 54.8 Å². The Labute approximate surface area is 113 Å². The summed E-state index contributed by atoms with van der Waals surface area (Å²) in [5.74, 6) is -0.813. The third-order valence-electron chi connectivity index (χ3n) is 1.99. The number of rotatable bonds is 2. The highest BCUT2D eigenvalue weighted by Crippen LogP contribution is 2.27. The highest BCUT2D eigenvalue weighted by Gasteiger charge is 2.17. The predicted octanol–water partition coefficient (Wildman–Crippen LogP) is 4.64. The van der Waals surface area contributed by atoms with Crippen molar-refractivity contribution in [2.45, 2.75) is 0 Å². The Morgan fingerprint density at radius 2 is 1.94 bits per heavy atom. The van der Waals surface area contributed by atoms with Crippen LogP contribution in [0.5, 0.6) is 0 Å². The van der Waals surface area contributed by atoms with Crippen LogP contribution < -0.4 is 0 Å². The van der Waals surface area contributed by atoms with Crippen LogP contribution in [-0.4, -0.2) is 5.78 Å². The maximum Gasteiger partial charge on any atom is 0.205 e. The van der Waals surface area contributed by atoms with Crippen LogP contribution in [0.3, 0.4) is 0 Å². The maximum absolute atomic E-state index is 13.7. The van der Waals surface area contributed by atoms with Crippen LogP contribution in [-0.2, 0) is 0 Å². The number of thiophene rings is 1. The van der Waals surface area contributed by atoms with Gasteiger partial charge in [0.2, 0.25) is 5.78 Å². The zero-order valence-electron chi connectivity index (χ0n) is 7.84. The Balaban J connectivity index is 2.45. The van der Waals surface area contributed by atoms with Crippen molar-refractivity contribution in [3.8, 4) is 0 Å². The largest absolute Gasteiger partial charge is 0.288 e. The van der Waals surface area contributed by atoms with Gasteiger partial charge in [-0.1, -0.05) is 6.07 Å². The second-order valence-electron chi connectivity index (χ2n) is 3.03. The van der Waals surface area contributed by atoms with E-state index < -0.39 is 5.82 Å². The standard InChI is InChI=1S/C11H5Br2FOS/c12-7-3-1-2-6(10(7)14)11(15)8-4-5-9(13)16-8/h1-5H. The van der Waals surface area contributed by atoms with Crippen LogP contribution >= 0.6 is 43.2 Å². The molecule has 16 heavy (non-hydrogen) atoms. The molecule has 0 amide bonds. The number of carbonyl (C=O) groups excluding carboxylic acids is 1. The van der Waals surface area contributed by atoms with Gasteiger partial charge in [0, 0.05) is 0 Å². The minimum Gasteiger partial charge on any atom is -0.288 e. The lowest BCUT2D eigenvalue weighted by Crippen LogP contribution is -2.02. The summed E-state index contributed by atoms with van der Waals surface area (Å²) in [6, 6.07) is 8.14. The first-order chi connectivity index (χ1) is 7.59. The molecule has 82 valence electrons. The molecule has 0 atom stereocenters. The van der Waals surface area contributed by atoms with Gasteiger partial charge >= 0.3 is 0 Å². The second kappa shape index (κ2) is 4.77. The van der Waals surface area contributed by atoms with Gasteiger partial charge in [0.05, 0.1) is 18.7 Å². The van der Waals surface area contributed by atoms with Gasteiger partial charge in [-0.3, -0.25) is 4.79 Å². The van der Waals surface area contributed by atoms with Crippen molar-refractivity contribution in [3.63, 3.8) is 0 Å². The molecule has 1 aromatic carbocycles. The van der Waals surface area contributed by atoms with E-state index in [4.69, 9.17) is 0 Å². The van der Waals surface area contributed by atoms with E-state index in [1.165, 1.54) is 17.4 Å². The maximum atomic E-state index is 13.7. The molecular weight excluding hydrogens is 359 g/mol. The summed E-state index contributed by atoms with van der Waals surface area (Å²) in [7, 11) is 0. The smallest absolute Gasteiger partial charge is 0.205 e. The summed E-state index contributed by atoms with van der Waals surface area (Å²) in [5, 5.41) is 0. The minimum absolute atomic E-state index is 0.0868. The van der Waals surface area contributed by atoms with E-state index in [1.807, 2.05) is 0 Å². The number of halogens is 3. The summed E-state index contributed by atoms with van der Waals surface area (Å²) in [5.41, 5.74) is 0.0868. The van der Waals surface area contributed by atoms with Crippen LogP contribution in [0.25, 0.3) is 0 Å². The van der Waals surface area contributed by atoms with Crippen molar-refractivity contribution in [1.82, 2.24) is 0 Å². The number of hydrogen-bond donors (Lipinski definition) is 0. The summed E-state index contributed by atoms with van der Waals surface area (Å²) < 4.78 is 14.8. The van der Waals surface area contributed by atoms with Crippen LogP contribution in [0, 0.1) is 5.82 Å². The van der Waals surface area contributed by atoms with E-state index >= 15 is 0 Å². The molecule has 0 saturated heterocycles. The SMILES string of the molecule is O=C(c1ccc(Br)s1)c1cccc(Br)c1F. The monoisotopic (exact) mass is 362 g/mol. The highest BCUT2D eigenvalue weighted by atomic mass is 79.9. The number of carbonyl (C=O) groups is 1. The van der Waals surface area contributed by atoms with Crippen LogP contribution in [0.4, 0.5) is 4.39 Å². The van der Waals surface area contributed by atoms with Crippen molar-refractivity contribution < 1.29 is 9.18 Å². The third-order valence-corrected chi connectivity index (χ3v) is 4.23. The second-order valence-corrected chi connectivity index (χ2v) is 6.35. The molecule has 0 aliphatic rings. The number of ketones is 1. The van der Waals surface area contributed by atoms with E-state index in [0.29, 0.717) is 9.35 Å². The van der Waals surface area contributed by atoms with Crippen molar-refractivity contribution in [1.29, 1.82) is 0 Å². The van der Waals surface area contributed by atoms with Crippen LogP contribution in [0.2, 0.25) is 0 Å². The molecule has 0 aliphatic heterocycles. The summed E-state index contributed by atoms with van der Waals surface area (Å²) in [4.78, 5) is 12.5. The van der Waals surface area contributed by atoms with Crippen LogP contribution in [0.1, 0.15) is 15.2 Å². The molecule has 1 aromatic heterocycles. The van der Waals surface area contributed by atoms with Gasteiger partial charge in [-0.25, -0.2) is 4.39 Å². The Bertz CT molecular complexity index is 551. The molecule has 1 nitrogen and oxygen atoms in total. The van der Waals surface area contributed by atoms with Gasteiger partial charge in [-0.05, 0) is 56.1 Å². The molecular formula is C11H5Br2FOS. The summed E-state index contributed by atoms with van der Waals surface area (Å²) in [6.07, 6.45) is 0. The molecule has 0 spiro atoms. The minimum atomic E-state index is -0.517. The summed E-state index contributed by atoms with van der Waals surface area (Å²) in [6.45, 7) is 0. The highest BCUT2D eigenvalue weighted by molar-refractivity contribution is 9.11. The summed E-state index contributed by atoms with van der Waals surface area (Å²) >= 11 is 7.62. The fraction of sp³-hybridized carbons (Fsp3) is 0. The first-order valence-electron chi connectivity index (χ1n) is 4.33. The molecule has 0 fully saturated rings. The molecule has 2 aromatic rings. The Morgan fingerprint density at radius 1 is 1.19 bits per heavy atom. The zero-order valence-corrected chi connectivity index (χ0v) is 11.8. The fourth-order valence-corrected chi connectivity index (χ4v) is 2.95. The van der Waals surface area contributed by atoms with Gasteiger partial charge in [-0.15, -0.1) is 11.3 Å². The molecule has 0 bridgehead atoms. The van der Waals surface area contributed by atoms with E-state index in [2.05, 4.69) is 31.9 Å². The first kappa shape index (κ1) is 12.0.